The zero-order valence-electron chi connectivity index (χ0n) is 17.7. The molecule has 0 saturated heterocycles. The van der Waals surface area contributed by atoms with E-state index in [0.717, 1.165) is 23.1 Å². The second-order valence-electron chi connectivity index (χ2n) is 7.62. The van der Waals surface area contributed by atoms with Crippen LogP contribution in [-0.2, 0) is 10.0 Å². The van der Waals surface area contributed by atoms with Crippen LogP contribution in [0.3, 0.4) is 0 Å². The maximum Gasteiger partial charge on any atom is 0.233 e. The van der Waals surface area contributed by atoms with Gasteiger partial charge in [0.2, 0.25) is 10.0 Å². The molecular formula is C24H23F2N3O2S. The van der Waals surface area contributed by atoms with E-state index in [4.69, 9.17) is 0 Å². The van der Waals surface area contributed by atoms with Gasteiger partial charge < -0.3 is 9.80 Å². The molecule has 5 nitrogen and oxygen atoms in total. The Hall–Kier alpha value is -3.39. The summed E-state index contributed by atoms with van der Waals surface area (Å²) in [5.74, 6) is -0.229. The minimum atomic E-state index is -3.59. The number of nitrogens with zero attached hydrogens (tertiary/aromatic N) is 3. The molecule has 1 heterocycles. The molecule has 1 aliphatic rings. The summed E-state index contributed by atoms with van der Waals surface area (Å²) in [6, 6.07) is 21.6. The van der Waals surface area contributed by atoms with Crippen LogP contribution in [0.4, 0.5) is 20.2 Å². The van der Waals surface area contributed by atoms with Crippen LogP contribution in [-0.4, -0.2) is 39.2 Å². The summed E-state index contributed by atoms with van der Waals surface area (Å²) in [7, 11) is -2.08. The molecule has 8 heteroatoms. The van der Waals surface area contributed by atoms with Gasteiger partial charge in [-0.25, -0.2) is 17.2 Å². The van der Waals surface area contributed by atoms with Crippen molar-refractivity contribution in [3.8, 4) is 0 Å². The summed E-state index contributed by atoms with van der Waals surface area (Å²) in [5.41, 5.74) is 3.06. The SMILES string of the molecule is CN(C1=C(c2ccccc2)CN(c2ccc(F)cc2)CN1c1ccc(F)cc1)S(C)(=O)=O. The van der Waals surface area contributed by atoms with E-state index in [1.54, 1.807) is 24.3 Å². The van der Waals surface area contributed by atoms with E-state index >= 15 is 0 Å². The second kappa shape index (κ2) is 8.63. The second-order valence-corrected chi connectivity index (χ2v) is 9.63. The van der Waals surface area contributed by atoms with Crippen LogP contribution in [0.15, 0.2) is 84.7 Å². The Balaban J connectivity index is 1.93. The molecule has 0 saturated carbocycles. The van der Waals surface area contributed by atoms with Crippen LogP contribution >= 0.6 is 0 Å². The third-order valence-electron chi connectivity index (χ3n) is 5.43. The van der Waals surface area contributed by atoms with Gasteiger partial charge in [-0.05, 0) is 54.1 Å². The van der Waals surface area contributed by atoms with Crippen molar-refractivity contribution >= 4 is 27.0 Å². The topological polar surface area (TPSA) is 43.9 Å². The maximum atomic E-state index is 13.6. The Labute approximate surface area is 186 Å². The fourth-order valence-electron chi connectivity index (χ4n) is 3.74. The quantitative estimate of drug-likeness (QED) is 0.568. The Morgan fingerprint density at radius 2 is 1.34 bits per heavy atom. The molecule has 0 N–H and O–H groups in total. The normalized spacial score (nSPS) is 14.6. The number of benzene rings is 3. The Morgan fingerprint density at radius 3 is 1.88 bits per heavy atom. The summed E-state index contributed by atoms with van der Waals surface area (Å²) in [6.45, 7) is 0.700. The first-order valence-electron chi connectivity index (χ1n) is 10.00. The fourth-order valence-corrected chi connectivity index (χ4v) is 4.26. The van der Waals surface area contributed by atoms with Crippen molar-refractivity contribution in [3.05, 3.63) is 102 Å². The Kier molecular flexibility index (Phi) is 5.88. The van der Waals surface area contributed by atoms with Crippen molar-refractivity contribution in [3.63, 3.8) is 0 Å². The first-order chi connectivity index (χ1) is 15.2. The Bertz CT molecular complexity index is 1230. The lowest BCUT2D eigenvalue weighted by atomic mass is 10.0. The van der Waals surface area contributed by atoms with E-state index in [0.29, 0.717) is 24.7 Å². The lowest BCUT2D eigenvalue weighted by Gasteiger charge is -2.43. The van der Waals surface area contributed by atoms with Gasteiger partial charge in [0.15, 0.2) is 0 Å². The number of hydrogen-bond donors (Lipinski definition) is 0. The molecule has 0 atom stereocenters. The van der Waals surface area contributed by atoms with Crippen molar-refractivity contribution < 1.29 is 17.2 Å². The highest BCUT2D eigenvalue weighted by molar-refractivity contribution is 7.88. The standard InChI is InChI=1S/C24H23F2N3O2S/c1-27(32(2,30)31)24-23(18-6-4-3-5-7-18)16-28(21-12-8-19(25)9-13-21)17-29(24)22-14-10-20(26)11-15-22/h3-15H,16-17H2,1-2H3. The Morgan fingerprint density at radius 1 is 0.812 bits per heavy atom. The predicted molar refractivity (Wildman–Crippen MR) is 123 cm³/mol. The molecule has 0 aromatic heterocycles. The molecule has 0 unspecified atom stereocenters. The largest absolute Gasteiger partial charge is 0.349 e. The molecule has 0 spiro atoms. The van der Waals surface area contributed by atoms with Crippen molar-refractivity contribution in [1.82, 2.24) is 4.31 Å². The first kappa shape index (κ1) is 21.8. The van der Waals surface area contributed by atoms with Crippen molar-refractivity contribution in [1.29, 1.82) is 0 Å². The van der Waals surface area contributed by atoms with Gasteiger partial charge in [-0.1, -0.05) is 30.3 Å². The van der Waals surface area contributed by atoms with Gasteiger partial charge in [0.05, 0.1) is 12.9 Å². The summed E-state index contributed by atoms with van der Waals surface area (Å²) in [5, 5.41) is 0. The van der Waals surface area contributed by atoms with Gasteiger partial charge in [-0.2, -0.15) is 0 Å². The van der Waals surface area contributed by atoms with E-state index < -0.39 is 10.0 Å². The van der Waals surface area contributed by atoms with E-state index in [-0.39, 0.29) is 11.6 Å². The van der Waals surface area contributed by atoms with Gasteiger partial charge >= 0.3 is 0 Å². The number of sulfonamides is 1. The fraction of sp³-hybridized carbons (Fsp3) is 0.167. The van der Waals surface area contributed by atoms with Gasteiger partial charge in [-0.3, -0.25) is 4.31 Å². The van der Waals surface area contributed by atoms with Crippen LogP contribution in [0.2, 0.25) is 0 Å². The molecule has 166 valence electrons. The lowest BCUT2D eigenvalue weighted by molar-refractivity contribution is 0.514. The summed E-state index contributed by atoms with van der Waals surface area (Å²) in [4.78, 5) is 3.85. The third-order valence-corrected chi connectivity index (χ3v) is 6.60. The highest BCUT2D eigenvalue weighted by Crippen LogP contribution is 2.35. The molecule has 0 fully saturated rings. The smallest absolute Gasteiger partial charge is 0.233 e. The van der Waals surface area contributed by atoms with Crippen molar-refractivity contribution in [2.24, 2.45) is 0 Å². The van der Waals surface area contributed by atoms with Crippen LogP contribution in [0, 0.1) is 11.6 Å². The molecule has 0 bridgehead atoms. The number of halogens is 2. The van der Waals surface area contributed by atoms with Gasteiger partial charge in [0.25, 0.3) is 0 Å². The molecule has 4 rings (SSSR count). The number of rotatable bonds is 5. The molecule has 0 amide bonds. The van der Waals surface area contributed by atoms with Crippen LogP contribution in [0.25, 0.3) is 5.57 Å². The van der Waals surface area contributed by atoms with E-state index in [1.807, 2.05) is 40.1 Å². The summed E-state index contributed by atoms with van der Waals surface area (Å²) < 4.78 is 53.6. The maximum absolute atomic E-state index is 13.6. The first-order valence-corrected chi connectivity index (χ1v) is 11.8. The van der Waals surface area contributed by atoms with Gasteiger partial charge in [0, 0.05) is 30.5 Å². The molecule has 32 heavy (non-hydrogen) atoms. The average Bonchev–Trinajstić information content (AvgIpc) is 2.79. The zero-order valence-corrected chi connectivity index (χ0v) is 18.6. The molecule has 3 aromatic rings. The highest BCUT2D eigenvalue weighted by Gasteiger charge is 2.32. The van der Waals surface area contributed by atoms with E-state index in [2.05, 4.69) is 0 Å². The predicted octanol–water partition coefficient (Wildman–Crippen LogP) is 4.51. The average molecular weight is 456 g/mol. The number of anilines is 2. The minimum absolute atomic E-state index is 0.294. The van der Waals surface area contributed by atoms with Crippen LogP contribution < -0.4 is 9.80 Å². The van der Waals surface area contributed by atoms with Gasteiger partial charge in [-0.15, -0.1) is 0 Å². The minimum Gasteiger partial charge on any atom is -0.349 e. The number of hydrogen-bond acceptors (Lipinski definition) is 4. The van der Waals surface area contributed by atoms with Crippen LogP contribution in [0.1, 0.15) is 5.56 Å². The lowest BCUT2D eigenvalue weighted by Crippen LogP contribution is -2.49. The molecule has 3 aromatic carbocycles. The third kappa shape index (κ3) is 4.45. The molecule has 0 radical (unpaired) electrons. The monoisotopic (exact) mass is 455 g/mol. The molecular weight excluding hydrogens is 432 g/mol. The van der Waals surface area contributed by atoms with Gasteiger partial charge in [0.1, 0.15) is 17.5 Å². The summed E-state index contributed by atoms with van der Waals surface area (Å²) >= 11 is 0. The van der Waals surface area contributed by atoms with E-state index in [1.165, 1.54) is 35.6 Å². The van der Waals surface area contributed by atoms with Crippen molar-refractivity contribution in [2.75, 3.05) is 36.3 Å². The van der Waals surface area contributed by atoms with Crippen molar-refractivity contribution in [2.45, 2.75) is 0 Å². The highest BCUT2D eigenvalue weighted by atomic mass is 32.2. The molecule has 0 aliphatic carbocycles. The molecule has 1 aliphatic heterocycles. The van der Waals surface area contributed by atoms with Crippen LogP contribution in [0.5, 0.6) is 0 Å². The summed E-state index contributed by atoms with van der Waals surface area (Å²) in [6.07, 6.45) is 1.15. The zero-order chi connectivity index (χ0) is 22.9. The van der Waals surface area contributed by atoms with E-state index in [9.17, 15) is 17.2 Å².